The van der Waals surface area contributed by atoms with E-state index in [0.717, 1.165) is 13.1 Å². The van der Waals surface area contributed by atoms with Gasteiger partial charge in [0.05, 0.1) is 0 Å². The van der Waals surface area contributed by atoms with E-state index < -0.39 is 0 Å². The van der Waals surface area contributed by atoms with Gasteiger partial charge >= 0.3 is 0 Å². The predicted molar refractivity (Wildman–Crippen MR) is 71.9 cm³/mol. The third-order valence-corrected chi connectivity index (χ3v) is 2.72. The van der Waals surface area contributed by atoms with Crippen molar-refractivity contribution in [2.45, 2.75) is 40.5 Å². The summed E-state index contributed by atoms with van der Waals surface area (Å²) in [6.07, 6.45) is 0. The van der Waals surface area contributed by atoms with Crippen LogP contribution in [-0.4, -0.2) is 13.1 Å². The van der Waals surface area contributed by atoms with Crippen LogP contribution in [0.25, 0.3) is 0 Å². The van der Waals surface area contributed by atoms with Crippen LogP contribution in [0.5, 0.6) is 0 Å². The zero-order valence-corrected chi connectivity index (χ0v) is 11.3. The molecule has 1 rings (SSSR count). The van der Waals surface area contributed by atoms with Crippen LogP contribution >= 0.6 is 0 Å². The Labute approximate surface area is 100 Å². The zero-order chi connectivity index (χ0) is 12.2. The smallest absolute Gasteiger partial charge is 0.00177 e. The first kappa shape index (κ1) is 13.2. The number of hydrogen-bond acceptors (Lipinski definition) is 1. The second kappa shape index (κ2) is 5.49. The molecule has 0 saturated carbocycles. The first-order valence-corrected chi connectivity index (χ1v) is 6.16. The Balaban J connectivity index is 2.44. The van der Waals surface area contributed by atoms with Gasteiger partial charge in [0.25, 0.3) is 0 Å². The van der Waals surface area contributed by atoms with Crippen molar-refractivity contribution in [2.75, 3.05) is 13.1 Å². The molecule has 16 heavy (non-hydrogen) atoms. The fourth-order valence-electron chi connectivity index (χ4n) is 1.76. The molecule has 1 aromatic rings. The molecular weight excluding hydrogens is 194 g/mol. The van der Waals surface area contributed by atoms with Gasteiger partial charge in [-0.05, 0) is 23.8 Å². The molecule has 0 aliphatic rings. The third-order valence-electron chi connectivity index (χ3n) is 2.72. The van der Waals surface area contributed by atoms with Crippen LogP contribution in [0.15, 0.2) is 24.3 Å². The topological polar surface area (TPSA) is 12.0 Å². The highest BCUT2D eigenvalue weighted by atomic mass is 14.9. The Morgan fingerprint density at radius 3 is 2.50 bits per heavy atom. The molecule has 0 spiro atoms. The third kappa shape index (κ3) is 4.80. The van der Waals surface area contributed by atoms with Gasteiger partial charge in [-0.25, -0.2) is 0 Å². The number of nitrogens with one attached hydrogen (secondary N) is 1. The molecule has 1 atom stereocenters. The Bertz CT molecular complexity index is 322. The van der Waals surface area contributed by atoms with E-state index in [0.29, 0.717) is 11.3 Å². The van der Waals surface area contributed by atoms with Gasteiger partial charge < -0.3 is 5.32 Å². The maximum atomic E-state index is 3.54. The van der Waals surface area contributed by atoms with E-state index in [2.05, 4.69) is 64.2 Å². The molecule has 90 valence electrons. The summed E-state index contributed by atoms with van der Waals surface area (Å²) in [6, 6.07) is 8.80. The van der Waals surface area contributed by atoms with Crippen LogP contribution in [-0.2, 0) is 0 Å². The maximum absolute atomic E-state index is 3.54. The lowest BCUT2D eigenvalue weighted by molar-refractivity contribution is 0.375. The average Bonchev–Trinajstić information content (AvgIpc) is 2.15. The summed E-state index contributed by atoms with van der Waals surface area (Å²) in [7, 11) is 0. The van der Waals surface area contributed by atoms with E-state index in [9.17, 15) is 0 Å². The lowest BCUT2D eigenvalue weighted by Gasteiger charge is -2.21. The molecule has 1 unspecified atom stereocenters. The fraction of sp³-hybridized carbons (Fsp3) is 0.600. The Morgan fingerprint density at radius 1 is 1.25 bits per heavy atom. The molecule has 0 fully saturated rings. The molecule has 0 bridgehead atoms. The number of benzene rings is 1. The number of aryl methyl sites for hydroxylation is 1. The van der Waals surface area contributed by atoms with E-state index in [1.807, 2.05) is 0 Å². The highest BCUT2D eigenvalue weighted by Crippen LogP contribution is 2.16. The molecule has 0 amide bonds. The Morgan fingerprint density at radius 2 is 1.94 bits per heavy atom. The number of rotatable bonds is 4. The van der Waals surface area contributed by atoms with Crippen molar-refractivity contribution in [1.82, 2.24) is 5.32 Å². The van der Waals surface area contributed by atoms with Crippen LogP contribution in [0.2, 0.25) is 0 Å². The summed E-state index contributed by atoms with van der Waals surface area (Å²) < 4.78 is 0. The van der Waals surface area contributed by atoms with E-state index >= 15 is 0 Å². The van der Waals surface area contributed by atoms with Crippen LogP contribution in [0, 0.1) is 12.3 Å². The van der Waals surface area contributed by atoms with E-state index in [-0.39, 0.29) is 0 Å². The second-order valence-electron chi connectivity index (χ2n) is 6.01. The summed E-state index contributed by atoms with van der Waals surface area (Å²) in [5.74, 6) is 0.585. The van der Waals surface area contributed by atoms with Crippen molar-refractivity contribution in [3.8, 4) is 0 Å². The highest BCUT2D eigenvalue weighted by molar-refractivity contribution is 5.25. The Kier molecular flexibility index (Phi) is 4.55. The largest absolute Gasteiger partial charge is 0.316 e. The minimum atomic E-state index is 0.367. The zero-order valence-electron chi connectivity index (χ0n) is 11.3. The Hall–Kier alpha value is -0.820. The van der Waals surface area contributed by atoms with Crippen LogP contribution in [0.1, 0.15) is 44.7 Å². The number of hydrogen-bond donors (Lipinski definition) is 1. The van der Waals surface area contributed by atoms with Gasteiger partial charge in [-0.2, -0.15) is 0 Å². The summed E-state index contributed by atoms with van der Waals surface area (Å²) in [5, 5.41) is 3.54. The SMILES string of the molecule is Cc1cccc(C(C)CNCC(C)(C)C)c1. The van der Waals surface area contributed by atoms with Gasteiger partial charge in [0.1, 0.15) is 0 Å². The normalized spacial score (nSPS) is 13.8. The van der Waals surface area contributed by atoms with Gasteiger partial charge in [0.2, 0.25) is 0 Å². The van der Waals surface area contributed by atoms with Gasteiger partial charge in [-0.3, -0.25) is 0 Å². The molecule has 0 radical (unpaired) electrons. The second-order valence-corrected chi connectivity index (χ2v) is 6.01. The van der Waals surface area contributed by atoms with Gasteiger partial charge in [-0.1, -0.05) is 57.5 Å². The lowest BCUT2D eigenvalue weighted by Crippen LogP contribution is -2.29. The molecule has 0 aliphatic carbocycles. The lowest BCUT2D eigenvalue weighted by atomic mass is 9.95. The first-order valence-electron chi connectivity index (χ1n) is 6.16. The monoisotopic (exact) mass is 219 g/mol. The summed E-state index contributed by atoms with van der Waals surface area (Å²) >= 11 is 0. The van der Waals surface area contributed by atoms with Crippen molar-refractivity contribution in [3.05, 3.63) is 35.4 Å². The van der Waals surface area contributed by atoms with Gasteiger partial charge in [0, 0.05) is 13.1 Å². The van der Waals surface area contributed by atoms with Crippen LogP contribution < -0.4 is 5.32 Å². The predicted octanol–water partition coefficient (Wildman–Crippen LogP) is 3.73. The molecule has 0 aromatic heterocycles. The molecule has 0 saturated heterocycles. The quantitative estimate of drug-likeness (QED) is 0.813. The molecule has 0 heterocycles. The molecule has 1 heteroatoms. The van der Waals surface area contributed by atoms with Crippen LogP contribution in [0.4, 0.5) is 0 Å². The van der Waals surface area contributed by atoms with E-state index in [1.54, 1.807) is 0 Å². The minimum Gasteiger partial charge on any atom is -0.316 e. The van der Waals surface area contributed by atoms with Gasteiger partial charge in [-0.15, -0.1) is 0 Å². The van der Waals surface area contributed by atoms with E-state index in [1.165, 1.54) is 11.1 Å². The summed E-state index contributed by atoms with van der Waals surface area (Å²) in [5.41, 5.74) is 3.15. The molecule has 0 aliphatic heterocycles. The highest BCUT2D eigenvalue weighted by Gasteiger charge is 2.11. The average molecular weight is 219 g/mol. The van der Waals surface area contributed by atoms with Crippen molar-refractivity contribution in [2.24, 2.45) is 5.41 Å². The van der Waals surface area contributed by atoms with Crippen LogP contribution in [0.3, 0.4) is 0 Å². The fourth-order valence-corrected chi connectivity index (χ4v) is 1.76. The van der Waals surface area contributed by atoms with Crippen molar-refractivity contribution >= 4 is 0 Å². The van der Waals surface area contributed by atoms with Gasteiger partial charge in [0.15, 0.2) is 0 Å². The maximum Gasteiger partial charge on any atom is 0.00177 e. The molecule has 1 nitrogen and oxygen atoms in total. The van der Waals surface area contributed by atoms with Crippen molar-refractivity contribution < 1.29 is 0 Å². The first-order chi connectivity index (χ1) is 7.38. The van der Waals surface area contributed by atoms with Crippen molar-refractivity contribution in [1.29, 1.82) is 0 Å². The summed E-state index contributed by atoms with van der Waals surface area (Å²) in [6.45, 7) is 13.3. The minimum absolute atomic E-state index is 0.367. The molecule has 1 aromatic carbocycles. The summed E-state index contributed by atoms with van der Waals surface area (Å²) in [4.78, 5) is 0. The standard InChI is InChI=1S/C15H25N/c1-12-7-6-8-14(9-12)13(2)10-16-11-15(3,4)5/h6-9,13,16H,10-11H2,1-5H3. The molecular formula is C15H25N. The van der Waals surface area contributed by atoms with Crippen molar-refractivity contribution in [3.63, 3.8) is 0 Å². The molecule has 1 N–H and O–H groups in total. The van der Waals surface area contributed by atoms with E-state index in [4.69, 9.17) is 0 Å².